The number of fused-ring (bicyclic) bond motifs is 2. The van der Waals surface area contributed by atoms with Gasteiger partial charge in [0.1, 0.15) is 0 Å². The largest absolute Gasteiger partial charge is 0.371 e. The second-order valence-electron chi connectivity index (χ2n) is 12.8. The van der Waals surface area contributed by atoms with E-state index in [1.54, 1.807) is 0 Å². The smallest absolute Gasteiger partial charge is 0.258 e. The quantitative estimate of drug-likeness (QED) is 0.0392. The average Bonchev–Trinajstić information content (AvgIpc) is 3.55. The van der Waals surface area contributed by atoms with E-state index in [4.69, 9.17) is 9.32 Å². The summed E-state index contributed by atoms with van der Waals surface area (Å²) in [5.74, 6) is 0.611. The molecule has 5 rings (SSSR count). The summed E-state index contributed by atoms with van der Waals surface area (Å²) in [7, 11) is 0. The number of nitrogens with zero attached hydrogens (tertiary/aromatic N) is 6. The number of aromatic nitrogens is 3. The molecular weight excluding hydrogens is 705 g/mol. The Bertz CT molecular complexity index is 1750. The van der Waals surface area contributed by atoms with Crippen molar-refractivity contribution in [1.29, 1.82) is 0 Å². The Balaban J connectivity index is 1.23. The SMILES string of the molecule is CCN(CC)CCCNc1nc(NCCCN(CC)CC)nc(NOOSc2ccc(C3=C4C(=O)c5ccccc5C(N(CC)CC)=C4C(=O)N3)cc2)n1. The Hall–Kier alpha value is -4.54. The molecule has 0 saturated carbocycles. The van der Waals surface area contributed by atoms with Crippen LogP contribution in [0.25, 0.3) is 11.4 Å². The first-order chi connectivity index (χ1) is 26.3. The van der Waals surface area contributed by atoms with Gasteiger partial charge in [-0.15, -0.1) is 4.33 Å². The molecule has 0 bridgehead atoms. The van der Waals surface area contributed by atoms with Crippen LogP contribution in [0.5, 0.6) is 0 Å². The fourth-order valence-electron chi connectivity index (χ4n) is 6.62. The number of amides is 1. The van der Waals surface area contributed by atoms with Gasteiger partial charge in [0.15, 0.2) is 5.78 Å². The highest BCUT2D eigenvalue weighted by molar-refractivity contribution is 7.94. The van der Waals surface area contributed by atoms with Crippen molar-refractivity contribution in [2.75, 3.05) is 81.6 Å². The van der Waals surface area contributed by atoms with Crippen LogP contribution in [0.3, 0.4) is 0 Å². The van der Waals surface area contributed by atoms with Gasteiger partial charge in [0.2, 0.25) is 11.9 Å². The molecule has 0 fully saturated rings. The predicted molar refractivity (Wildman–Crippen MR) is 215 cm³/mol. The third kappa shape index (κ3) is 9.95. The van der Waals surface area contributed by atoms with Gasteiger partial charge in [-0.05, 0) is 83.7 Å². The molecule has 1 aromatic heterocycles. The van der Waals surface area contributed by atoms with Crippen LogP contribution in [0.1, 0.15) is 75.9 Å². The van der Waals surface area contributed by atoms with Crippen molar-refractivity contribution < 1.29 is 18.9 Å². The van der Waals surface area contributed by atoms with Gasteiger partial charge in [-0.25, -0.2) is 0 Å². The molecule has 290 valence electrons. The van der Waals surface area contributed by atoms with E-state index in [1.807, 2.05) is 62.4 Å². The highest BCUT2D eigenvalue weighted by Crippen LogP contribution is 2.42. The molecule has 0 unspecified atom stereocenters. The Morgan fingerprint density at radius 2 is 1.24 bits per heavy atom. The standard InChI is InChI=1S/C39H54N10O4S/c1-7-47(8-2)25-15-23-40-37-43-38(41-24-16-26-48(9-3)10-4)45-39(44-37)46-52-53-54-28-21-19-27(20-22-28)33-31-32(36(51)42-33)34(49(11-5)12-6)29-17-13-14-18-30(29)35(31)50/h13-14,17-22H,7-12,15-16,23-26H2,1-6H3,(H,42,51)(H3,40,41,43,44,45,46). The summed E-state index contributed by atoms with van der Waals surface area (Å²) < 4.78 is 5.40. The second kappa shape index (κ2) is 20.2. The van der Waals surface area contributed by atoms with Crippen molar-refractivity contribution in [1.82, 2.24) is 35.0 Å². The normalized spacial score (nSPS) is 13.8. The Kier molecular flexibility index (Phi) is 15.2. The van der Waals surface area contributed by atoms with Crippen LogP contribution in [-0.4, -0.2) is 107 Å². The Morgan fingerprint density at radius 1 is 0.685 bits per heavy atom. The van der Waals surface area contributed by atoms with Gasteiger partial charge in [-0.3, -0.25) is 9.59 Å². The van der Waals surface area contributed by atoms with Gasteiger partial charge in [-0.2, -0.15) is 20.4 Å². The molecule has 0 spiro atoms. The minimum Gasteiger partial charge on any atom is -0.371 e. The maximum atomic E-state index is 13.8. The molecule has 15 heteroatoms. The maximum Gasteiger partial charge on any atom is 0.258 e. The van der Waals surface area contributed by atoms with Crippen LogP contribution in [0.4, 0.5) is 17.8 Å². The molecule has 0 radical (unpaired) electrons. The van der Waals surface area contributed by atoms with Gasteiger partial charge >= 0.3 is 0 Å². The molecule has 14 nitrogen and oxygen atoms in total. The summed E-state index contributed by atoms with van der Waals surface area (Å²) in [5, 5.41) is 9.61. The topological polar surface area (TPSA) is 149 Å². The zero-order valence-electron chi connectivity index (χ0n) is 32.3. The molecule has 1 aliphatic heterocycles. The van der Waals surface area contributed by atoms with Crippen molar-refractivity contribution in [2.45, 2.75) is 59.3 Å². The van der Waals surface area contributed by atoms with E-state index >= 15 is 0 Å². The molecule has 4 N–H and O–H groups in total. The number of Topliss-reactive ketones (excluding diaryl/α,β-unsaturated/α-hetero) is 1. The minimum atomic E-state index is -0.277. The highest BCUT2D eigenvalue weighted by Gasteiger charge is 2.41. The molecule has 1 aliphatic carbocycles. The molecule has 2 aliphatic rings. The first kappa shape index (κ1) is 40.6. The lowest BCUT2D eigenvalue weighted by atomic mass is 9.83. The summed E-state index contributed by atoms with van der Waals surface area (Å²) >= 11 is 0.989. The molecule has 0 atom stereocenters. The zero-order valence-corrected chi connectivity index (χ0v) is 33.1. The fraction of sp³-hybridized carbons (Fsp3) is 0.462. The predicted octanol–water partition coefficient (Wildman–Crippen LogP) is 5.93. The number of nitrogens with one attached hydrogen (secondary N) is 4. The van der Waals surface area contributed by atoms with E-state index < -0.39 is 0 Å². The third-order valence-corrected chi connectivity index (χ3v) is 10.3. The van der Waals surface area contributed by atoms with Gasteiger partial charge in [0, 0.05) is 42.2 Å². The first-order valence-corrected chi connectivity index (χ1v) is 19.8. The van der Waals surface area contributed by atoms with Crippen LogP contribution in [-0.2, 0) is 14.1 Å². The molecule has 2 aromatic carbocycles. The van der Waals surface area contributed by atoms with Crippen LogP contribution in [0, 0.1) is 0 Å². The summed E-state index contributed by atoms with van der Waals surface area (Å²) in [5.41, 5.74) is 6.87. The highest BCUT2D eigenvalue weighted by atomic mass is 32.2. The zero-order chi connectivity index (χ0) is 38.5. The number of rotatable bonds is 23. The number of hydrogen-bond donors (Lipinski definition) is 4. The van der Waals surface area contributed by atoms with Gasteiger partial charge < -0.3 is 30.7 Å². The van der Waals surface area contributed by atoms with Crippen molar-refractivity contribution in [2.24, 2.45) is 0 Å². The number of ketones is 1. The van der Waals surface area contributed by atoms with E-state index in [9.17, 15) is 9.59 Å². The van der Waals surface area contributed by atoms with Crippen LogP contribution in [0.2, 0.25) is 0 Å². The van der Waals surface area contributed by atoms with E-state index in [0.717, 1.165) is 80.3 Å². The molecule has 0 saturated heterocycles. The Morgan fingerprint density at radius 3 is 1.80 bits per heavy atom. The third-order valence-electron chi connectivity index (χ3n) is 9.67. The second-order valence-corrected chi connectivity index (χ2v) is 13.5. The maximum absolute atomic E-state index is 13.8. The summed E-state index contributed by atoms with van der Waals surface area (Å²) in [4.78, 5) is 53.7. The number of carbonyl (C=O) groups excluding carboxylic acids is 2. The van der Waals surface area contributed by atoms with Crippen molar-refractivity contribution in [3.63, 3.8) is 0 Å². The van der Waals surface area contributed by atoms with E-state index in [2.05, 4.69) is 78.8 Å². The van der Waals surface area contributed by atoms with Crippen LogP contribution in [0.15, 0.2) is 64.6 Å². The molecule has 2 heterocycles. The number of hydrogen-bond acceptors (Lipinski definition) is 14. The first-order valence-electron chi connectivity index (χ1n) is 19.1. The van der Waals surface area contributed by atoms with E-state index in [-0.39, 0.29) is 17.6 Å². The van der Waals surface area contributed by atoms with E-state index in [0.29, 0.717) is 66.0 Å². The summed E-state index contributed by atoms with van der Waals surface area (Å²) in [6.07, 6.45) is 1.89. The lowest BCUT2D eigenvalue weighted by Crippen LogP contribution is -2.29. The Labute approximate surface area is 323 Å². The van der Waals surface area contributed by atoms with E-state index in [1.165, 1.54) is 0 Å². The number of carbonyl (C=O) groups is 2. The molecule has 54 heavy (non-hydrogen) atoms. The van der Waals surface area contributed by atoms with Crippen LogP contribution >= 0.6 is 12.0 Å². The van der Waals surface area contributed by atoms with Crippen LogP contribution < -0.4 is 21.4 Å². The number of benzene rings is 2. The average molecular weight is 759 g/mol. The lowest BCUT2D eigenvalue weighted by molar-refractivity contribution is -0.161. The lowest BCUT2D eigenvalue weighted by Gasteiger charge is -2.30. The summed E-state index contributed by atoms with van der Waals surface area (Å²) in [6.45, 7) is 21.6. The van der Waals surface area contributed by atoms with Gasteiger partial charge in [0.25, 0.3) is 11.9 Å². The monoisotopic (exact) mass is 758 g/mol. The van der Waals surface area contributed by atoms with Crippen molar-refractivity contribution in [3.05, 3.63) is 76.4 Å². The fourth-order valence-corrected chi connectivity index (χ4v) is 7.02. The van der Waals surface area contributed by atoms with Gasteiger partial charge in [0.05, 0.1) is 34.6 Å². The molecular formula is C39H54N10O4S. The molecule has 1 amide bonds. The summed E-state index contributed by atoms with van der Waals surface area (Å²) in [6, 6.07) is 14.8. The molecule has 3 aromatic rings. The van der Waals surface area contributed by atoms with Crippen molar-refractivity contribution in [3.8, 4) is 0 Å². The van der Waals surface area contributed by atoms with Crippen molar-refractivity contribution >= 4 is 53.0 Å². The van der Waals surface area contributed by atoms with Gasteiger partial charge in [-0.1, -0.05) is 69.1 Å². The minimum absolute atomic E-state index is 0.166. The number of anilines is 3.